The lowest BCUT2D eigenvalue weighted by Crippen LogP contribution is -2.53. The van der Waals surface area contributed by atoms with Crippen LogP contribution in [0.4, 0.5) is 0 Å². The van der Waals surface area contributed by atoms with Gasteiger partial charge in [0.25, 0.3) is 0 Å². The number of rotatable bonds is 6. The fourth-order valence-corrected chi connectivity index (χ4v) is 7.55. The molecule has 0 radical (unpaired) electrons. The molecule has 4 aliphatic carbocycles. The van der Waals surface area contributed by atoms with E-state index < -0.39 is 0 Å². The number of para-hydroxylation sites is 1. The van der Waals surface area contributed by atoms with Gasteiger partial charge in [-0.2, -0.15) is 0 Å². The Labute approximate surface area is 182 Å². The van der Waals surface area contributed by atoms with Crippen molar-refractivity contribution < 1.29 is 9.59 Å². The van der Waals surface area contributed by atoms with Crippen LogP contribution in [0.1, 0.15) is 62.9 Å². The topological polar surface area (TPSA) is 62.3 Å². The summed E-state index contributed by atoms with van der Waals surface area (Å²) in [6.07, 6.45) is 7.52. The van der Waals surface area contributed by atoms with E-state index in [0.717, 1.165) is 52.2 Å². The molecule has 0 aliphatic heterocycles. The normalized spacial score (nSPS) is 30.4. The highest BCUT2D eigenvalue weighted by Gasteiger charge is 2.54. The molecule has 1 aromatic carbocycles. The highest BCUT2D eigenvalue weighted by Crippen LogP contribution is 2.60. The Kier molecular flexibility index (Phi) is 5.08. The number of nitrogens with zero attached hydrogens (tertiary/aromatic N) is 2. The Balaban J connectivity index is 1.15. The van der Waals surface area contributed by atoms with Crippen molar-refractivity contribution in [2.24, 2.45) is 23.2 Å². The van der Waals surface area contributed by atoms with Crippen molar-refractivity contribution in [2.45, 2.75) is 57.9 Å². The van der Waals surface area contributed by atoms with E-state index in [2.05, 4.69) is 16.4 Å². The molecule has 6 rings (SSSR count). The van der Waals surface area contributed by atoms with Crippen LogP contribution in [-0.4, -0.2) is 35.3 Å². The SMILES string of the molecule is C[C@@H](c1nc2ccccc2s1)N(C)C(=O)CCNC(=O)C12CC3CC(CC(C3)C1)C2. The molecule has 1 N–H and O–H groups in total. The molecule has 1 aromatic heterocycles. The number of carbonyl (C=O) groups is 2. The molecule has 6 heteroatoms. The number of carbonyl (C=O) groups excluding carboxylic acids is 2. The molecule has 0 unspecified atom stereocenters. The van der Waals surface area contributed by atoms with Crippen LogP contribution in [0.3, 0.4) is 0 Å². The lowest BCUT2D eigenvalue weighted by atomic mass is 9.49. The molecule has 5 nitrogen and oxygen atoms in total. The van der Waals surface area contributed by atoms with Crippen molar-refractivity contribution in [1.29, 1.82) is 0 Å². The molecule has 2 aromatic rings. The van der Waals surface area contributed by atoms with Crippen LogP contribution in [-0.2, 0) is 9.59 Å². The van der Waals surface area contributed by atoms with Gasteiger partial charge in [-0.25, -0.2) is 4.98 Å². The van der Waals surface area contributed by atoms with Crippen LogP contribution in [0, 0.1) is 23.2 Å². The van der Waals surface area contributed by atoms with E-state index in [0.29, 0.717) is 13.0 Å². The van der Waals surface area contributed by atoms with Gasteiger partial charge in [-0.15, -0.1) is 11.3 Å². The Morgan fingerprint density at radius 1 is 1.17 bits per heavy atom. The smallest absolute Gasteiger partial charge is 0.226 e. The van der Waals surface area contributed by atoms with Crippen LogP contribution in [0.25, 0.3) is 10.2 Å². The summed E-state index contributed by atoms with van der Waals surface area (Å²) < 4.78 is 1.14. The van der Waals surface area contributed by atoms with E-state index in [9.17, 15) is 9.59 Å². The highest BCUT2D eigenvalue weighted by atomic mass is 32.1. The molecule has 4 bridgehead atoms. The lowest BCUT2D eigenvalue weighted by Gasteiger charge is -2.55. The summed E-state index contributed by atoms with van der Waals surface area (Å²) in [5.41, 5.74) is 0.839. The van der Waals surface area contributed by atoms with Gasteiger partial charge in [-0.05, 0) is 75.3 Å². The second-order valence-electron chi connectivity index (χ2n) is 9.90. The maximum atomic E-state index is 13.1. The molecule has 2 amide bonds. The number of amides is 2. The number of hydrogen-bond acceptors (Lipinski definition) is 4. The largest absolute Gasteiger partial charge is 0.355 e. The first kappa shape index (κ1) is 20.0. The summed E-state index contributed by atoms with van der Waals surface area (Å²) in [4.78, 5) is 32.3. The molecule has 0 saturated heterocycles. The molecule has 30 heavy (non-hydrogen) atoms. The minimum Gasteiger partial charge on any atom is -0.355 e. The summed E-state index contributed by atoms with van der Waals surface area (Å²) in [5, 5.41) is 4.07. The van der Waals surface area contributed by atoms with E-state index in [1.165, 1.54) is 19.3 Å². The number of fused-ring (bicyclic) bond motifs is 1. The van der Waals surface area contributed by atoms with E-state index in [4.69, 9.17) is 0 Å². The Morgan fingerprint density at radius 2 is 1.80 bits per heavy atom. The number of nitrogens with one attached hydrogen (secondary N) is 1. The van der Waals surface area contributed by atoms with Gasteiger partial charge in [0.1, 0.15) is 5.01 Å². The third-order valence-electron chi connectivity index (χ3n) is 7.79. The predicted octanol–water partition coefficient (Wildman–Crippen LogP) is 4.54. The predicted molar refractivity (Wildman–Crippen MR) is 119 cm³/mol. The number of aromatic nitrogens is 1. The first-order chi connectivity index (χ1) is 14.4. The van der Waals surface area contributed by atoms with Gasteiger partial charge in [-0.1, -0.05) is 12.1 Å². The first-order valence-corrected chi connectivity index (χ1v) is 12.1. The van der Waals surface area contributed by atoms with Crippen molar-refractivity contribution in [1.82, 2.24) is 15.2 Å². The zero-order valence-corrected chi connectivity index (χ0v) is 18.7. The van der Waals surface area contributed by atoms with Gasteiger partial charge in [0.2, 0.25) is 11.8 Å². The van der Waals surface area contributed by atoms with Gasteiger partial charge >= 0.3 is 0 Å². The summed E-state index contributed by atoms with van der Waals surface area (Å²) in [5.74, 6) is 2.52. The maximum Gasteiger partial charge on any atom is 0.226 e. The molecule has 0 spiro atoms. The average molecular weight is 426 g/mol. The summed E-state index contributed by atoms with van der Waals surface area (Å²) in [7, 11) is 1.83. The quantitative estimate of drug-likeness (QED) is 0.739. The van der Waals surface area contributed by atoms with E-state index in [1.54, 1.807) is 16.2 Å². The average Bonchev–Trinajstić information content (AvgIpc) is 3.15. The third kappa shape index (κ3) is 3.53. The van der Waals surface area contributed by atoms with Gasteiger partial charge in [-0.3, -0.25) is 9.59 Å². The van der Waals surface area contributed by atoms with E-state index >= 15 is 0 Å². The Hall–Kier alpha value is -1.95. The number of benzene rings is 1. The molecule has 1 heterocycles. The van der Waals surface area contributed by atoms with Gasteiger partial charge in [0, 0.05) is 25.4 Å². The molecule has 160 valence electrons. The van der Waals surface area contributed by atoms with Gasteiger partial charge in [0.15, 0.2) is 0 Å². The minimum absolute atomic E-state index is 0.0487. The van der Waals surface area contributed by atoms with Crippen LogP contribution >= 0.6 is 11.3 Å². The summed E-state index contributed by atoms with van der Waals surface area (Å²) >= 11 is 1.64. The zero-order chi connectivity index (χ0) is 20.9. The van der Waals surface area contributed by atoms with Crippen LogP contribution < -0.4 is 5.32 Å². The number of hydrogen-bond donors (Lipinski definition) is 1. The lowest BCUT2D eigenvalue weighted by molar-refractivity contribution is -0.146. The third-order valence-corrected chi connectivity index (χ3v) is 8.99. The van der Waals surface area contributed by atoms with Crippen LogP contribution in [0.15, 0.2) is 24.3 Å². The minimum atomic E-state index is -0.141. The van der Waals surface area contributed by atoms with Gasteiger partial charge in [0.05, 0.1) is 16.3 Å². The Morgan fingerprint density at radius 3 is 2.43 bits per heavy atom. The summed E-state index contributed by atoms with van der Waals surface area (Å²) in [6.45, 7) is 2.44. The fraction of sp³-hybridized carbons (Fsp3) is 0.625. The zero-order valence-electron chi connectivity index (χ0n) is 17.9. The molecular weight excluding hydrogens is 394 g/mol. The number of thiazole rings is 1. The monoisotopic (exact) mass is 425 g/mol. The van der Waals surface area contributed by atoms with Gasteiger partial charge < -0.3 is 10.2 Å². The fourth-order valence-electron chi connectivity index (χ4n) is 6.49. The van der Waals surface area contributed by atoms with Crippen molar-refractivity contribution in [3.05, 3.63) is 29.3 Å². The standard InChI is InChI=1S/C24H31N3O2S/c1-15(22-26-19-5-3-4-6-20(19)30-22)27(2)21(28)7-8-25-23(29)24-12-16-9-17(13-24)11-18(10-16)14-24/h3-6,15-18H,7-14H2,1-2H3,(H,25,29)/t15-,16?,17?,18?,24?/m0/s1. The molecule has 4 fully saturated rings. The molecular formula is C24H31N3O2S. The molecule has 1 atom stereocenters. The van der Waals surface area contributed by atoms with Crippen molar-refractivity contribution >= 4 is 33.4 Å². The van der Waals surface area contributed by atoms with E-state index in [1.807, 2.05) is 32.2 Å². The first-order valence-electron chi connectivity index (χ1n) is 11.3. The second kappa shape index (κ2) is 7.63. The molecule has 4 saturated carbocycles. The second-order valence-corrected chi connectivity index (χ2v) is 11.0. The van der Waals surface area contributed by atoms with E-state index in [-0.39, 0.29) is 23.3 Å². The summed E-state index contributed by atoms with van der Waals surface area (Å²) in [6, 6.07) is 7.98. The maximum absolute atomic E-state index is 13.1. The van der Waals surface area contributed by atoms with Crippen molar-refractivity contribution in [3.8, 4) is 0 Å². The highest BCUT2D eigenvalue weighted by molar-refractivity contribution is 7.18. The molecule has 4 aliphatic rings. The van der Waals surface area contributed by atoms with Crippen molar-refractivity contribution in [3.63, 3.8) is 0 Å². The van der Waals surface area contributed by atoms with Crippen molar-refractivity contribution in [2.75, 3.05) is 13.6 Å². The van der Waals surface area contributed by atoms with Crippen LogP contribution in [0.2, 0.25) is 0 Å². The van der Waals surface area contributed by atoms with Crippen LogP contribution in [0.5, 0.6) is 0 Å². The Bertz CT molecular complexity index is 900.